The minimum atomic E-state index is 0. The van der Waals surface area contributed by atoms with E-state index in [9.17, 15) is 0 Å². The third kappa shape index (κ3) is 1.50. The molecule has 0 rings (SSSR count). The van der Waals surface area contributed by atoms with Crippen molar-refractivity contribution >= 4 is 0 Å². The van der Waals surface area contributed by atoms with E-state index in [2.05, 4.69) is 12.3 Å². The molecule has 0 aromatic carbocycles. The summed E-state index contributed by atoms with van der Waals surface area (Å²) >= 11 is 0. The lowest BCUT2D eigenvalue weighted by atomic mass is 11.1. The number of hydrogen-bond donors (Lipinski definition) is 2. The highest BCUT2D eigenvalue weighted by Crippen LogP contribution is 1.13. The van der Waals surface area contributed by atoms with Crippen molar-refractivity contribution in [3.8, 4) is 0 Å². The van der Waals surface area contributed by atoms with Gasteiger partial charge in [-0.15, -0.1) is 0 Å². The highest BCUT2D eigenvalue weighted by atomic mass is 14.5. The first kappa shape index (κ1) is 9.72. The van der Waals surface area contributed by atoms with Gasteiger partial charge in [0.2, 0.25) is 0 Å². The van der Waals surface area contributed by atoms with Crippen LogP contribution in [0, 0.1) is 0 Å². The molecule has 0 amide bonds. The van der Waals surface area contributed by atoms with E-state index in [0.717, 1.165) is 0 Å². The van der Waals surface area contributed by atoms with E-state index in [1.807, 2.05) is 0 Å². The summed E-state index contributed by atoms with van der Waals surface area (Å²) in [5, 5.41) is 0. The molecule has 0 aromatic heterocycles. The fourth-order valence-corrected chi connectivity index (χ4v) is 0. The zero-order chi connectivity index (χ0) is 2.71. The van der Waals surface area contributed by atoms with Crippen LogP contribution in [-0.4, -0.2) is 0 Å². The molecule has 26 valence electrons. The normalized spacial score (nSPS) is 3.00. The molecule has 0 heterocycles. The van der Waals surface area contributed by atoms with Crippen molar-refractivity contribution in [2.75, 3.05) is 0 Å². The summed E-state index contributed by atoms with van der Waals surface area (Å²) in [6.07, 6.45) is 1.25. The Kier molecular flexibility index (Phi) is 54.7. The average Bonchev–Trinajstić information content (AvgIpc) is 0.918. The van der Waals surface area contributed by atoms with E-state index in [4.69, 9.17) is 0 Å². The molecule has 2 nitrogen and oxygen atoms in total. The summed E-state index contributed by atoms with van der Waals surface area (Å²) in [5.74, 6) is 0. The lowest BCUT2D eigenvalue weighted by Crippen LogP contribution is -1.67. The van der Waals surface area contributed by atoms with Crippen LogP contribution in [0.3, 0.4) is 0 Å². The number of hydrogen-bond acceptors (Lipinski definition) is 2. The molecule has 5 N–H and O–H groups in total. The Balaban J connectivity index is 0. The second-order valence-electron chi connectivity index (χ2n) is 0.236. The third-order valence-electron chi connectivity index (χ3n) is 0. The summed E-state index contributed by atoms with van der Waals surface area (Å²) in [6.45, 7) is 3.14. The molecule has 0 aliphatic carbocycles. The highest BCUT2D eigenvalue weighted by molar-refractivity contribution is 4.48. The maximum absolute atomic E-state index is 4.61. The Bertz CT molecular complexity index is 11.5. The Hall–Kier alpha value is -0.500. The molecule has 0 fully saturated rings. The van der Waals surface area contributed by atoms with Gasteiger partial charge in [0.15, 0.2) is 0 Å². The van der Waals surface area contributed by atoms with E-state index in [0.29, 0.717) is 0 Å². The second kappa shape index (κ2) is 22.5. The monoisotopic (exact) mass is 60.1 g/mol. The van der Waals surface area contributed by atoms with Gasteiger partial charge in [-0.2, -0.15) is 0 Å². The average molecular weight is 60.1 g/mol. The fraction of sp³-hybridized carbons (Fsp3) is 0. The quantitative estimate of drug-likeness (QED) is 0.421. The second-order valence-corrected chi connectivity index (χ2v) is 0.236. The van der Waals surface area contributed by atoms with Crippen LogP contribution in [0.15, 0.2) is 12.8 Å². The lowest BCUT2D eigenvalue weighted by molar-refractivity contribution is 1.64. The molecular formula is C2H8N2. The summed E-state index contributed by atoms with van der Waals surface area (Å²) in [7, 11) is 0. The Labute approximate surface area is 25.9 Å². The molecule has 0 aromatic rings. The first-order valence-corrected chi connectivity index (χ1v) is 0.742. The Morgan fingerprint density at radius 1 is 1.75 bits per heavy atom. The first-order valence-electron chi connectivity index (χ1n) is 0.742. The molecular weight excluding hydrogens is 52.0 g/mol. The summed E-state index contributed by atoms with van der Waals surface area (Å²) in [4.78, 5) is 0. The molecule has 0 saturated carbocycles. The van der Waals surface area contributed by atoms with Crippen molar-refractivity contribution < 1.29 is 0 Å². The van der Waals surface area contributed by atoms with Gasteiger partial charge in [-0.1, -0.05) is 6.58 Å². The Morgan fingerprint density at radius 3 is 1.75 bits per heavy atom. The van der Waals surface area contributed by atoms with E-state index >= 15 is 0 Å². The van der Waals surface area contributed by atoms with E-state index in [1.54, 1.807) is 0 Å². The zero-order valence-corrected chi connectivity index (χ0v) is 2.57. The van der Waals surface area contributed by atoms with Gasteiger partial charge in [0.1, 0.15) is 0 Å². The van der Waals surface area contributed by atoms with Crippen molar-refractivity contribution in [3.63, 3.8) is 0 Å². The minimum Gasteiger partial charge on any atom is -0.405 e. The number of rotatable bonds is 0. The summed E-state index contributed by atoms with van der Waals surface area (Å²) < 4.78 is 0. The highest BCUT2D eigenvalue weighted by Gasteiger charge is 1.09. The molecule has 0 spiro atoms. The van der Waals surface area contributed by atoms with Crippen LogP contribution in [-0.2, 0) is 0 Å². The van der Waals surface area contributed by atoms with Gasteiger partial charge in [-0.3, -0.25) is 0 Å². The lowest BCUT2D eigenvalue weighted by Gasteiger charge is -1.40. The SMILES string of the molecule is C=CN.N. The molecule has 0 aliphatic rings. The number of nitrogens with two attached hydrogens (primary N) is 1. The summed E-state index contributed by atoms with van der Waals surface area (Å²) in [5.41, 5.74) is 4.61. The molecule has 0 unspecified atom stereocenters. The van der Waals surface area contributed by atoms with Gasteiger partial charge >= 0.3 is 0 Å². The van der Waals surface area contributed by atoms with Crippen molar-refractivity contribution in [1.82, 2.24) is 6.15 Å². The molecule has 0 bridgehead atoms. The maximum Gasteiger partial charge on any atom is -0.0136 e. The van der Waals surface area contributed by atoms with Crippen LogP contribution in [0.4, 0.5) is 0 Å². The van der Waals surface area contributed by atoms with E-state index in [-0.39, 0.29) is 6.15 Å². The zero-order valence-electron chi connectivity index (χ0n) is 2.57. The van der Waals surface area contributed by atoms with Crippen LogP contribution < -0.4 is 11.9 Å². The van der Waals surface area contributed by atoms with Crippen molar-refractivity contribution in [2.45, 2.75) is 0 Å². The predicted molar refractivity (Wildman–Crippen MR) is 19.4 cm³/mol. The maximum atomic E-state index is 4.61. The largest absolute Gasteiger partial charge is 0.405 e. The third-order valence-corrected chi connectivity index (χ3v) is 0. The van der Waals surface area contributed by atoms with Crippen LogP contribution in [0.1, 0.15) is 0 Å². The van der Waals surface area contributed by atoms with Crippen LogP contribution in [0.5, 0.6) is 0 Å². The van der Waals surface area contributed by atoms with E-state index < -0.39 is 0 Å². The topological polar surface area (TPSA) is 61.0 Å². The van der Waals surface area contributed by atoms with Gasteiger partial charge in [-0.05, 0) is 6.20 Å². The van der Waals surface area contributed by atoms with Crippen LogP contribution in [0.2, 0.25) is 0 Å². The Morgan fingerprint density at radius 2 is 1.75 bits per heavy atom. The van der Waals surface area contributed by atoms with Gasteiger partial charge in [0, 0.05) is 0 Å². The molecule has 0 aliphatic heterocycles. The fourth-order valence-electron chi connectivity index (χ4n) is 0. The van der Waals surface area contributed by atoms with Crippen LogP contribution in [0.25, 0.3) is 0 Å². The molecule has 0 saturated heterocycles. The van der Waals surface area contributed by atoms with Crippen molar-refractivity contribution in [1.29, 1.82) is 0 Å². The summed E-state index contributed by atoms with van der Waals surface area (Å²) in [6, 6.07) is 0. The first-order chi connectivity index (χ1) is 1.41. The predicted octanol–water partition coefficient (Wildman–Crippen LogP) is 0.251. The van der Waals surface area contributed by atoms with Crippen molar-refractivity contribution in [3.05, 3.63) is 12.8 Å². The minimum absolute atomic E-state index is 0. The van der Waals surface area contributed by atoms with Gasteiger partial charge in [0.25, 0.3) is 0 Å². The molecule has 2 heteroatoms. The van der Waals surface area contributed by atoms with E-state index in [1.165, 1.54) is 6.20 Å². The van der Waals surface area contributed by atoms with Gasteiger partial charge in [-0.25, -0.2) is 0 Å². The standard InChI is InChI=1S/C2H5N.H3N/c1-2-3;/h2H,1,3H2;1H3. The van der Waals surface area contributed by atoms with Gasteiger partial charge < -0.3 is 11.9 Å². The molecule has 0 atom stereocenters. The van der Waals surface area contributed by atoms with Crippen LogP contribution >= 0.6 is 0 Å². The smallest absolute Gasteiger partial charge is 0.0136 e. The van der Waals surface area contributed by atoms with Crippen molar-refractivity contribution in [2.24, 2.45) is 5.73 Å². The molecule has 0 radical (unpaired) electrons. The van der Waals surface area contributed by atoms with Gasteiger partial charge in [0.05, 0.1) is 0 Å². The molecule has 4 heavy (non-hydrogen) atoms.